The normalized spacial score (nSPS) is 10.8. The number of imidazole rings is 1. The van der Waals surface area contributed by atoms with E-state index in [-0.39, 0.29) is 5.69 Å². The van der Waals surface area contributed by atoms with Gasteiger partial charge in [0.05, 0.1) is 11.4 Å². The molecule has 0 aliphatic rings. The van der Waals surface area contributed by atoms with Gasteiger partial charge in [0.2, 0.25) is 0 Å². The molecule has 0 amide bonds. The predicted molar refractivity (Wildman–Crippen MR) is 106 cm³/mol. The van der Waals surface area contributed by atoms with Crippen molar-refractivity contribution < 1.29 is 8.78 Å². The van der Waals surface area contributed by atoms with Crippen LogP contribution in [0.2, 0.25) is 0 Å². The van der Waals surface area contributed by atoms with E-state index in [1.54, 1.807) is 0 Å². The van der Waals surface area contributed by atoms with Crippen molar-refractivity contribution in [2.75, 3.05) is 5.32 Å². The van der Waals surface area contributed by atoms with Gasteiger partial charge in [-0.2, -0.15) is 0 Å². The summed E-state index contributed by atoms with van der Waals surface area (Å²) < 4.78 is 28.5. The summed E-state index contributed by atoms with van der Waals surface area (Å²) in [7, 11) is 0. The van der Waals surface area contributed by atoms with Gasteiger partial charge in [-0.3, -0.25) is 9.55 Å². The van der Waals surface area contributed by atoms with Crippen LogP contribution < -0.4 is 11.0 Å². The lowest BCUT2D eigenvalue weighted by atomic mass is 10.1. The van der Waals surface area contributed by atoms with Gasteiger partial charge in [0.15, 0.2) is 11.6 Å². The minimum atomic E-state index is -1.01. The van der Waals surface area contributed by atoms with Crippen LogP contribution in [-0.4, -0.2) is 9.55 Å². The number of hydrogen-bond acceptors (Lipinski definition) is 2. The fourth-order valence-electron chi connectivity index (χ4n) is 3.09. The number of benzene rings is 3. The van der Waals surface area contributed by atoms with E-state index >= 15 is 0 Å². The van der Waals surface area contributed by atoms with E-state index < -0.39 is 17.3 Å². The van der Waals surface area contributed by atoms with E-state index in [0.717, 1.165) is 23.3 Å². The highest BCUT2D eigenvalue weighted by atomic mass is 19.2. The van der Waals surface area contributed by atoms with Crippen molar-refractivity contribution in [2.45, 2.75) is 6.54 Å². The summed E-state index contributed by atoms with van der Waals surface area (Å²) in [6.07, 6.45) is 0. The maximum Gasteiger partial charge on any atom is 0.332 e. The molecule has 0 aliphatic carbocycles. The summed E-state index contributed by atoms with van der Waals surface area (Å²) >= 11 is 0. The van der Waals surface area contributed by atoms with Crippen molar-refractivity contribution in [1.29, 1.82) is 0 Å². The summed E-state index contributed by atoms with van der Waals surface area (Å²) in [5, 5.41) is 3.24. The molecule has 0 spiro atoms. The van der Waals surface area contributed by atoms with Crippen LogP contribution in [0.25, 0.3) is 16.9 Å². The van der Waals surface area contributed by atoms with Gasteiger partial charge in [-0.05, 0) is 17.7 Å². The number of halogens is 2. The van der Waals surface area contributed by atoms with Gasteiger partial charge in [-0.15, -0.1) is 0 Å². The summed E-state index contributed by atoms with van der Waals surface area (Å²) in [5.41, 5.74) is 2.16. The molecule has 28 heavy (non-hydrogen) atoms. The second-order valence-electron chi connectivity index (χ2n) is 6.29. The topological polar surface area (TPSA) is 49.8 Å². The number of nitrogens with one attached hydrogen (secondary N) is 2. The molecule has 0 bridgehead atoms. The average Bonchev–Trinajstić information content (AvgIpc) is 3.06. The first-order valence-corrected chi connectivity index (χ1v) is 8.77. The van der Waals surface area contributed by atoms with E-state index in [4.69, 9.17) is 0 Å². The number of rotatable bonds is 5. The Morgan fingerprint density at radius 1 is 0.857 bits per heavy atom. The van der Waals surface area contributed by atoms with Gasteiger partial charge < -0.3 is 5.32 Å². The van der Waals surface area contributed by atoms with E-state index in [2.05, 4.69) is 10.3 Å². The largest absolute Gasteiger partial charge is 0.366 e. The van der Waals surface area contributed by atoms with Crippen LogP contribution in [0.1, 0.15) is 5.56 Å². The standard InChI is InChI=1S/C22H17F2N3O/c23-18-12-11-17(13-19(18)24)27-20(16-9-5-2-6-10-16)21(26-22(27)28)25-14-15-7-3-1-4-8-15/h1-13,25H,14H2,(H,26,28). The lowest BCUT2D eigenvalue weighted by Crippen LogP contribution is -2.16. The van der Waals surface area contributed by atoms with Crippen molar-refractivity contribution >= 4 is 5.82 Å². The molecular formula is C22H17F2N3O. The number of aromatic amines is 1. The summed E-state index contributed by atoms with van der Waals surface area (Å²) in [6.45, 7) is 0.498. The van der Waals surface area contributed by atoms with Gasteiger partial charge in [0.1, 0.15) is 5.82 Å². The summed E-state index contributed by atoms with van der Waals surface area (Å²) in [6, 6.07) is 22.4. The molecule has 0 atom stereocenters. The zero-order chi connectivity index (χ0) is 19.5. The van der Waals surface area contributed by atoms with Gasteiger partial charge in [-0.1, -0.05) is 60.7 Å². The van der Waals surface area contributed by atoms with Crippen molar-refractivity contribution in [3.05, 3.63) is 107 Å². The molecule has 4 nitrogen and oxygen atoms in total. The molecule has 0 saturated carbocycles. The molecule has 3 aromatic carbocycles. The van der Waals surface area contributed by atoms with Crippen LogP contribution in [0.15, 0.2) is 83.7 Å². The van der Waals surface area contributed by atoms with Crippen molar-refractivity contribution in [3.8, 4) is 16.9 Å². The first kappa shape index (κ1) is 17.7. The van der Waals surface area contributed by atoms with Gasteiger partial charge >= 0.3 is 5.69 Å². The van der Waals surface area contributed by atoms with Crippen molar-refractivity contribution in [3.63, 3.8) is 0 Å². The Hall–Kier alpha value is -3.67. The Balaban J connectivity index is 1.83. The fourth-order valence-corrected chi connectivity index (χ4v) is 3.09. The van der Waals surface area contributed by atoms with E-state index in [1.165, 1.54) is 10.6 Å². The molecule has 4 aromatic rings. The first-order chi connectivity index (χ1) is 13.6. The highest BCUT2D eigenvalue weighted by Crippen LogP contribution is 2.28. The molecule has 0 fully saturated rings. The van der Waals surface area contributed by atoms with Crippen LogP contribution in [0.3, 0.4) is 0 Å². The SMILES string of the molecule is O=c1[nH]c(NCc2ccccc2)c(-c2ccccc2)n1-c1ccc(F)c(F)c1. The fraction of sp³-hybridized carbons (Fsp3) is 0.0455. The molecule has 6 heteroatoms. The zero-order valence-electron chi connectivity index (χ0n) is 14.8. The van der Waals surface area contributed by atoms with Gasteiger partial charge in [0, 0.05) is 18.2 Å². The molecule has 0 aliphatic heterocycles. The van der Waals surface area contributed by atoms with E-state index in [1.807, 2.05) is 60.7 Å². The smallest absolute Gasteiger partial charge is 0.332 e. The van der Waals surface area contributed by atoms with Crippen LogP contribution in [0.4, 0.5) is 14.6 Å². The van der Waals surface area contributed by atoms with Crippen LogP contribution in [0.5, 0.6) is 0 Å². The Morgan fingerprint density at radius 2 is 1.54 bits per heavy atom. The Morgan fingerprint density at radius 3 is 2.21 bits per heavy atom. The number of H-pyrrole nitrogens is 1. The Kier molecular flexibility index (Phi) is 4.76. The summed E-state index contributed by atoms with van der Waals surface area (Å²) in [4.78, 5) is 15.5. The number of aromatic nitrogens is 2. The Bertz CT molecular complexity index is 1150. The molecule has 0 saturated heterocycles. The minimum Gasteiger partial charge on any atom is -0.366 e. The molecule has 2 N–H and O–H groups in total. The monoisotopic (exact) mass is 377 g/mol. The van der Waals surface area contributed by atoms with Crippen molar-refractivity contribution in [1.82, 2.24) is 9.55 Å². The molecular weight excluding hydrogens is 360 g/mol. The third-order valence-corrected chi connectivity index (χ3v) is 4.42. The van der Waals surface area contributed by atoms with E-state index in [9.17, 15) is 13.6 Å². The third kappa shape index (κ3) is 3.44. The zero-order valence-corrected chi connectivity index (χ0v) is 14.8. The summed E-state index contributed by atoms with van der Waals surface area (Å²) in [5.74, 6) is -1.47. The molecule has 0 radical (unpaired) electrons. The third-order valence-electron chi connectivity index (χ3n) is 4.42. The number of anilines is 1. The molecule has 4 rings (SSSR count). The maximum absolute atomic E-state index is 13.8. The molecule has 1 heterocycles. The van der Waals surface area contributed by atoms with E-state index in [0.29, 0.717) is 18.1 Å². The molecule has 140 valence electrons. The molecule has 1 aromatic heterocycles. The van der Waals surface area contributed by atoms with Crippen molar-refractivity contribution in [2.24, 2.45) is 0 Å². The lowest BCUT2D eigenvalue weighted by Gasteiger charge is -2.12. The number of nitrogens with zero attached hydrogens (tertiary/aromatic N) is 1. The van der Waals surface area contributed by atoms with Crippen LogP contribution in [0, 0.1) is 11.6 Å². The van der Waals surface area contributed by atoms with Gasteiger partial charge in [0.25, 0.3) is 0 Å². The lowest BCUT2D eigenvalue weighted by molar-refractivity contribution is 0.508. The second-order valence-corrected chi connectivity index (χ2v) is 6.29. The van der Waals surface area contributed by atoms with Gasteiger partial charge in [-0.25, -0.2) is 13.6 Å². The first-order valence-electron chi connectivity index (χ1n) is 8.77. The minimum absolute atomic E-state index is 0.242. The van der Waals surface area contributed by atoms with Crippen LogP contribution >= 0.6 is 0 Å². The highest BCUT2D eigenvalue weighted by molar-refractivity contribution is 5.74. The number of hydrogen-bond donors (Lipinski definition) is 2. The predicted octanol–water partition coefficient (Wildman–Crippen LogP) is 4.72. The average molecular weight is 377 g/mol. The van der Waals surface area contributed by atoms with Crippen LogP contribution in [-0.2, 0) is 6.54 Å². The maximum atomic E-state index is 13.8. The highest BCUT2D eigenvalue weighted by Gasteiger charge is 2.18. The quantitative estimate of drug-likeness (QED) is 0.529. The molecule has 0 unspecified atom stereocenters. The Labute approximate surface area is 160 Å². The second kappa shape index (κ2) is 7.52.